The number of hydrogen-bond donors (Lipinski definition) is 0. The first-order chi connectivity index (χ1) is 15.0. The summed E-state index contributed by atoms with van der Waals surface area (Å²) < 4.78 is 1.88. The molecule has 3 aromatic heterocycles. The topological polar surface area (TPSA) is 54.3 Å². The molecule has 1 amide bonds. The Kier molecular flexibility index (Phi) is 5.16. The number of piperazine rings is 1. The number of carbonyl (C=O) groups is 1. The molecule has 0 N–H and O–H groups in total. The van der Waals surface area contributed by atoms with Crippen LogP contribution in [0.25, 0.3) is 15.9 Å². The second-order valence-electron chi connectivity index (χ2n) is 7.81. The molecule has 1 aromatic carbocycles. The first-order valence-electron chi connectivity index (χ1n) is 10.2. The molecule has 5 rings (SSSR count). The molecule has 0 bridgehead atoms. The molecule has 1 aliphatic rings. The van der Waals surface area contributed by atoms with E-state index in [-0.39, 0.29) is 11.9 Å². The highest BCUT2D eigenvalue weighted by atomic mass is 35.5. The minimum atomic E-state index is 0.0828. The molecule has 0 radical (unpaired) electrons. The molecule has 0 saturated carbocycles. The Morgan fingerprint density at radius 3 is 2.68 bits per heavy atom. The summed E-state index contributed by atoms with van der Waals surface area (Å²) in [6, 6.07) is 13.9. The van der Waals surface area contributed by atoms with Crippen molar-refractivity contribution in [2.24, 2.45) is 0 Å². The molecule has 1 fully saturated rings. The van der Waals surface area contributed by atoms with Crippen LogP contribution in [0.4, 0.5) is 5.69 Å². The van der Waals surface area contributed by atoms with Gasteiger partial charge >= 0.3 is 0 Å². The molecule has 1 saturated heterocycles. The highest BCUT2D eigenvalue weighted by Gasteiger charge is 2.29. The number of fused-ring (bicyclic) bond motifs is 1. The third-order valence-corrected chi connectivity index (χ3v) is 7.05. The summed E-state index contributed by atoms with van der Waals surface area (Å²) in [6.07, 6.45) is 3.62. The van der Waals surface area contributed by atoms with Crippen molar-refractivity contribution in [1.82, 2.24) is 19.7 Å². The molecule has 0 aliphatic carbocycles. The number of pyridine rings is 1. The quantitative estimate of drug-likeness (QED) is 0.449. The van der Waals surface area contributed by atoms with Gasteiger partial charge < -0.3 is 9.80 Å². The average molecular weight is 452 g/mol. The van der Waals surface area contributed by atoms with E-state index >= 15 is 0 Å². The molecule has 1 atom stereocenters. The van der Waals surface area contributed by atoms with Crippen LogP contribution in [-0.2, 0) is 0 Å². The normalized spacial score (nSPS) is 16.8. The van der Waals surface area contributed by atoms with E-state index in [1.165, 1.54) is 11.3 Å². The third-order valence-electron chi connectivity index (χ3n) is 5.72. The predicted octanol–water partition coefficient (Wildman–Crippen LogP) is 4.79. The maximum absolute atomic E-state index is 13.3. The SMILES string of the molecule is Cc1nn(-c2cccc(Cl)c2)c2sc(C(=O)N3CCN(c4ccncc4)C(C)C3)cc12. The van der Waals surface area contributed by atoms with E-state index in [1.807, 2.05) is 71.4 Å². The lowest BCUT2D eigenvalue weighted by atomic mass is 10.1. The van der Waals surface area contributed by atoms with E-state index < -0.39 is 0 Å². The average Bonchev–Trinajstić information content (AvgIpc) is 3.34. The fraction of sp³-hybridized carbons (Fsp3) is 0.261. The smallest absolute Gasteiger partial charge is 0.264 e. The molecule has 158 valence electrons. The number of anilines is 1. The Bertz CT molecular complexity index is 1250. The van der Waals surface area contributed by atoms with Gasteiger partial charge in [0.2, 0.25) is 0 Å². The summed E-state index contributed by atoms with van der Waals surface area (Å²) in [5, 5.41) is 6.33. The van der Waals surface area contributed by atoms with Gasteiger partial charge in [-0.05, 0) is 50.2 Å². The van der Waals surface area contributed by atoms with Crippen molar-refractivity contribution in [3.05, 3.63) is 70.5 Å². The zero-order valence-corrected chi connectivity index (χ0v) is 18.9. The zero-order valence-electron chi connectivity index (χ0n) is 17.3. The molecule has 0 spiro atoms. The van der Waals surface area contributed by atoms with Crippen LogP contribution in [0, 0.1) is 6.92 Å². The van der Waals surface area contributed by atoms with Crippen LogP contribution in [0.1, 0.15) is 22.3 Å². The van der Waals surface area contributed by atoms with Gasteiger partial charge in [0.1, 0.15) is 4.83 Å². The molecule has 6 nitrogen and oxygen atoms in total. The Balaban J connectivity index is 1.40. The minimum Gasteiger partial charge on any atom is -0.365 e. The van der Waals surface area contributed by atoms with Gasteiger partial charge in [0.25, 0.3) is 5.91 Å². The van der Waals surface area contributed by atoms with E-state index in [0.29, 0.717) is 18.1 Å². The lowest BCUT2D eigenvalue weighted by Gasteiger charge is -2.41. The lowest BCUT2D eigenvalue weighted by Crippen LogP contribution is -2.53. The predicted molar refractivity (Wildman–Crippen MR) is 126 cm³/mol. The number of thiophene rings is 1. The molecule has 31 heavy (non-hydrogen) atoms. The highest BCUT2D eigenvalue weighted by Crippen LogP contribution is 2.32. The summed E-state index contributed by atoms with van der Waals surface area (Å²) in [4.78, 5) is 23.4. The van der Waals surface area contributed by atoms with Crippen molar-refractivity contribution in [1.29, 1.82) is 0 Å². The largest absolute Gasteiger partial charge is 0.365 e. The highest BCUT2D eigenvalue weighted by molar-refractivity contribution is 7.20. The maximum Gasteiger partial charge on any atom is 0.264 e. The molecule has 4 aromatic rings. The van der Waals surface area contributed by atoms with E-state index in [9.17, 15) is 4.79 Å². The van der Waals surface area contributed by atoms with Crippen LogP contribution in [0.2, 0.25) is 5.02 Å². The van der Waals surface area contributed by atoms with Gasteiger partial charge in [0, 0.05) is 54.2 Å². The fourth-order valence-corrected chi connectivity index (χ4v) is 5.49. The second-order valence-corrected chi connectivity index (χ2v) is 9.27. The number of hydrogen-bond acceptors (Lipinski definition) is 5. The van der Waals surface area contributed by atoms with E-state index in [1.54, 1.807) is 0 Å². The number of rotatable bonds is 3. The zero-order chi connectivity index (χ0) is 21.5. The van der Waals surface area contributed by atoms with Crippen LogP contribution in [-0.4, -0.2) is 51.2 Å². The number of aromatic nitrogens is 3. The Morgan fingerprint density at radius 2 is 1.94 bits per heavy atom. The van der Waals surface area contributed by atoms with Gasteiger partial charge in [-0.15, -0.1) is 11.3 Å². The molecule has 1 aliphatic heterocycles. The van der Waals surface area contributed by atoms with Gasteiger partial charge in [0.15, 0.2) is 0 Å². The van der Waals surface area contributed by atoms with Crippen LogP contribution < -0.4 is 4.90 Å². The molecule has 4 heterocycles. The van der Waals surface area contributed by atoms with Crippen LogP contribution in [0.3, 0.4) is 0 Å². The number of benzene rings is 1. The van der Waals surface area contributed by atoms with Crippen molar-refractivity contribution < 1.29 is 4.79 Å². The summed E-state index contributed by atoms with van der Waals surface area (Å²) >= 11 is 7.66. The number of nitrogens with zero attached hydrogens (tertiary/aromatic N) is 5. The van der Waals surface area contributed by atoms with Gasteiger partial charge in [-0.25, -0.2) is 4.68 Å². The van der Waals surface area contributed by atoms with Gasteiger partial charge in [0.05, 0.1) is 16.3 Å². The van der Waals surface area contributed by atoms with Crippen molar-refractivity contribution in [2.75, 3.05) is 24.5 Å². The monoisotopic (exact) mass is 451 g/mol. The first-order valence-corrected chi connectivity index (χ1v) is 11.4. The van der Waals surface area contributed by atoms with Gasteiger partial charge in [-0.3, -0.25) is 9.78 Å². The molecule has 1 unspecified atom stereocenters. The summed E-state index contributed by atoms with van der Waals surface area (Å²) in [5.74, 6) is 0.0828. The molecular weight excluding hydrogens is 430 g/mol. The number of amides is 1. The van der Waals surface area contributed by atoms with Crippen molar-refractivity contribution >= 4 is 44.7 Å². The van der Waals surface area contributed by atoms with E-state index in [2.05, 4.69) is 21.9 Å². The van der Waals surface area contributed by atoms with Crippen LogP contribution >= 0.6 is 22.9 Å². The minimum absolute atomic E-state index is 0.0828. The fourth-order valence-electron chi connectivity index (χ4n) is 4.15. The van der Waals surface area contributed by atoms with Crippen LogP contribution in [0.5, 0.6) is 0 Å². The molecular formula is C23H22ClN5OS. The van der Waals surface area contributed by atoms with E-state index in [4.69, 9.17) is 11.6 Å². The van der Waals surface area contributed by atoms with Crippen molar-refractivity contribution in [3.63, 3.8) is 0 Å². The Hall–Kier alpha value is -2.90. The second kappa shape index (κ2) is 7.98. The first kappa shape index (κ1) is 20.0. The van der Waals surface area contributed by atoms with Gasteiger partial charge in [-0.2, -0.15) is 5.10 Å². The summed E-state index contributed by atoms with van der Waals surface area (Å²) in [5.41, 5.74) is 2.95. The lowest BCUT2D eigenvalue weighted by molar-refractivity contribution is 0.0731. The maximum atomic E-state index is 13.3. The van der Waals surface area contributed by atoms with Crippen LogP contribution in [0.15, 0.2) is 54.9 Å². The Morgan fingerprint density at radius 1 is 1.13 bits per heavy atom. The number of halogens is 1. The molecule has 8 heteroatoms. The van der Waals surface area contributed by atoms with Gasteiger partial charge in [-0.1, -0.05) is 17.7 Å². The van der Waals surface area contributed by atoms with Crippen molar-refractivity contribution in [3.8, 4) is 5.69 Å². The Labute approximate surface area is 189 Å². The summed E-state index contributed by atoms with van der Waals surface area (Å²) in [7, 11) is 0. The summed E-state index contributed by atoms with van der Waals surface area (Å²) in [6.45, 7) is 6.32. The number of carbonyl (C=O) groups excluding carboxylic acids is 1. The van der Waals surface area contributed by atoms with E-state index in [0.717, 1.165) is 38.7 Å². The van der Waals surface area contributed by atoms with Crippen molar-refractivity contribution in [2.45, 2.75) is 19.9 Å². The third kappa shape index (κ3) is 3.68. The standard InChI is InChI=1S/C23H22ClN5OS/c1-15-14-27(10-11-28(15)18-6-8-25-9-7-18)22(30)21-13-20-16(2)26-29(23(20)31-21)19-5-3-4-17(24)12-19/h3-9,12-13,15H,10-11,14H2,1-2H3. The number of aryl methyl sites for hydroxylation is 1.